The summed E-state index contributed by atoms with van der Waals surface area (Å²) >= 11 is 13.9. The summed E-state index contributed by atoms with van der Waals surface area (Å²) in [5, 5.41) is 1.04. The van der Waals surface area contributed by atoms with Gasteiger partial charge in [0.25, 0.3) is 0 Å². The Morgan fingerprint density at radius 3 is 2.18 bits per heavy atom. The number of anilines is 1. The van der Waals surface area contributed by atoms with Crippen molar-refractivity contribution >= 4 is 83.6 Å². The molecule has 3 aliphatic rings. The lowest BCUT2D eigenvalue weighted by Crippen LogP contribution is -2.37. The molecule has 0 radical (unpaired) electrons. The number of ether oxygens (including phenoxy) is 1. The molecule has 2 bridgehead atoms. The molecule has 1 aliphatic heterocycles. The monoisotopic (exact) mass is 748 g/mol. The first-order valence-corrected chi connectivity index (χ1v) is 16.9. The van der Waals surface area contributed by atoms with E-state index in [-0.39, 0.29) is 56.5 Å². The minimum absolute atomic E-state index is 0.130. The maximum atomic E-state index is 13.6. The van der Waals surface area contributed by atoms with Crippen LogP contribution in [-0.4, -0.2) is 44.3 Å². The van der Waals surface area contributed by atoms with E-state index in [0.717, 1.165) is 6.42 Å². The fourth-order valence-electron chi connectivity index (χ4n) is 7.22. The number of hydrogen-bond acceptors (Lipinski definition) is 6. The normalized spacial score (nSPS) is 25.9. The fraction of sp³-hybridized carbons (Fsp3) is 0.286. The molecule has 45 heavy (non-hydrogen) atoms. The first kappa shape index (κ1) is 30.3. The van der Waals surface area contributed by atoms with E-state index in [4.69, 9.17) is 21.3 Å². The van der Waals surface area contributed by atoms with Gasteiger partial charge in [-0.2, -0.15) is 0 Å². The number of rotatable bonds is 6. The van der Waals surface area contributed by atoms with Crippen molar-refractivity contribution in [2.45, 2.75) is 36.0 Å². The van der Waals surface area contributed by atoms with Gasteiger partial charge >= 0.3 is 5.97 Å². The van der Waals surface area contributed by atoms with Crippen molar-refractivity contribution in [3.63, 3.8) is 0 Å². The Morgan fingerprint density at radius 2 is 1.56 bits per heavy atom. The second kappa shape index (κ2) is 11.4. The molecule has 2 heterocycles. The molecule has 7 nitrogen and oxygen atoms in total. The van der Waals surface area contributed by atoms with E-state index in [1.807, 2.05) is 13.0 Å². The Morgan fingerprint density at radius 1 is 0.933 bits per heavy atom. The number of fused-ring (bicyclic) bond motifs is 6. The number of alkyl halides is 2. The number of carbonyl (C=O) groups excluding carboxylic acids is 4. The van der Waals surface area contributed by atoms with Gasteiger partial charge in [-0.1, -0.05) is 92.0 Å². The maximum Gasteiger partial charge on any atom is 0.339 e. The number of imide groups is 1. The van der Waals surface area contributed by atoms with Crippen LogP contribution in [0.3, 0.4) is 0 Å². The summed E-state index contributed by atoms with van der Waals surface area (Å²) in [6.45, 7) is 3.37. The Balaban J connectivity index is 1.20. The van der Waals surface area contributed by atoms with Gasteiger partial charge in [-0.25, -0.2) is 9.78 Å². The molecule has 0 N–H and O–H groups in total. The Kier molecular flexibility index (Phi) is 7.69. The van der Waals surface area contributed by atoms with Crippen LogP contribution in [0.15, 0.2) is 72.8 Å². The molecule has 2 aliphatic carbocycles. The number of halogens is 3. The first-order chi connectivity index (χ1) is 21.6. The van der Waals surface area contributed by atoms with E-state index >= 15 is 0 Å². The summed E-state index contributed by atoms with van der Waals surface area (Å²) in [6, 6.07) is 20.8. The third kappa shape index (κ3) is 4.86. The number of carbonyl (C=O) groups is 4. The number of Topliss-reactive ketones (excluding diaryl/α,β-unsaturated/α-hetero) is 1. The van der Waals surface area contributed by atoms with Crippen molar-refractivity contribution in [3.8, 4) is 11.3 Å². The highest BCUT2D eigenvalue weighted by molar-refractivity contribution is 9.12. The average Bonchev–Trinajstić information content (AvgIpc) is 3.67. The second-order valence-electron chi connectivity index (χ2n) is 12.0. The predicted octanol–water partition coefficient (Wildman–Crippen LogP) is 7.57. The van der Waals surface area contributed by atoms with Crippen LogP contribution in [-0.2, 0) is 14.3 Å². The smallest absolute Gasteiger partial charge is 0.339 e. The standard InChI is InChI=1S/C35H27Br2ClN2O5/c1-16-25(38)13-12-21-22(35(44)45-17(2)32(41)19-6-4-3-5-7-19)15-26(39-31(16)21)18-8-10-20(11-9-18)40-33(42)27-23-14-24(28(27)34(40)43)30(37)29(23)36/h3-13,15,17,23-24,27-30H,14H2,1-2H3. The number of esters is 1. The van der Waals surface area contributed by atoms with Gasteiger partial charge < -0.3 is 4.74 Å². The summed E-state index contributed by atoms with van der Waals surface area (Å²) < 4.78 is 5.67. The molecule has 1 aromatic heterocycles. The summed E-state index contributed by atoms with van der Waals surface area (Å²) in [5.74, 6) is -1.61. The SMILES string of the molecule is Cc1c(Cl)ccc2c(C(=O)OC(C)C(=O)c3ccccc3)cc(-c3ccc(N4C(=O)C5C6CC(C(Br)C6Br)C5C4=O)cc3)nc12. The van der Waals surface area contributed by atoms with Crippen LogP contribution in [0, 0.1) is 30.6 Å². The second-order valence-corrected chi connectivity index (χ2v) is 14.5. The largest absolute Gasteiger partial charge is 0.451 e. The highest BCUT2D eigenvalue weighted by Gasteiger charge is 2.66. The molecule has 10 heteroatoms. The van der Waals surface area contributed by atoms with Crippen LogP contribution in [0.25, 0.3) is 22.2 Å². The van der Waals surface area contributed by atoms with Crippen LogP contribution in [0.2, 0.25) is 5.02 Å². The zero-order valence-corrected chi connectivity index (χ0v) is 28.2. The zero-order valence-electron chi connectivity index (χ0n) is 24.2. The van der Waals surface area contributed by atoms with Gasteiger partial charge in [-0.3, -0.25) is 19.3 Å². The number of amides is 2. The summed E-state index contributed by atoms with van der Waals surface area (Å²) in [4.78, 5) is 60.0. The van der Waals surface area contributed by atoms with Crippen molar-refractivity contribution in [3.05, 3.63) is 94.5 Å². The number of benzene rings is 3. The number of hydrogen-bond donors (Lipinski definition) is 0. The first-order valence-electron chi connectivity index (χ1n) is 14.7. The number of nitrogens with zero attached hydrogens (tertiary/aromatic N) is 2. The van der Waals surface area contributed by atoms with E-state index in [9.17, 15) is 19.2 Å². The van der Waals surface area contributed by atoms with Crippen LogP contribution >= 0.6 is 43.5 Å². The molecule has 7 atom stereocenters. The molecule has 2 saturated carbocycles. The Hall–Kier alpha value is -3.40. The van der Waals surface area contributed by atoms with Crippen LogP contribution in [0.4, 0.5) is 5.69 Å². The molecule has 7 unspecified atom stereocenters. The summed E-state index contributed by atoms with van der Waals surface area (Å²) in [5.41, 5.74) is 3.57. The molecule has 228 valence electrons. The van der Waals surface area contributed by atoms with E-state index < -0.39 is 12.1 Å². The Labute approximate surface area is 281 Å². The molecule has 4 aromatic rings. The van der Waals surface area contributed by atoms with Gasteiger partial charge in [-0.05, 0) is 61.9 Å². The summed E-state index contributed by atoms with van der Waals surface area (Å²) in [7, 11) is 0. The lowest BCUT2D eigenvalue weighted by molar-refractivity contribution is -0.123. The molecule has 3 aromatic carbocycles. The zero-order chi connectivity index (χ0) is 31.7. The molecule has 0 spiro atoms. The van der Waals surface area contributed by atoms with E-state index in [1.165, 1.54) is 4.90 Å². The minimum atomic E-state index is -1.01. The third-order valence-electron chi connectivity index (χ3n) is 9.51. The predicted molar refractivity (Wildman–Crippen MR) is 179 cm³/mol. The van der Waals surface area contributed by atoms with Crippen molar-refractivity contribution in [2.75, 3.05) is 4.90 Å². The topological polar surface area (TPSA) is 93.6 Å². The average molecular weight is 751 g/mol. The molecule has 1 saturated heterocycles. The molecular weight excluding hydrogens is 724 g/mol. The molecule has 7 rings (SSSR count). The quantitative estimate of drug-likeness (QED) is 0.0874. The van der Waals surface area contributed by atoms with Gasteiger partial charge in [0.15, 0.2) is 6.10 Å². The van der Waals surface area contributed by atoms with Crippen molar-refractivity contribution in [1.82, 2.24) is 4.98 Å². The van der Waals surface area contributed by atoms with Crippen molar-refractivity contribution < 1.29 is 23.9 Å². The molecule has 3 fully saturated rings. The van der Waals surface area contributed by atoms with E-state index in [0.29, 0.717) is 44.0 Å². The van der Waals surface area contributed by atoms with Crippen LogP contribution in [0.5, 0.6) is 0 Å². The number of aromatic nitrogens is 1. The number of aryl methyl sites for hydroxylation is 1. The lowest BCUT2D eigenvalue weighted by Gasteiger charge is -2.28. The van der Waals surface area contributed by atoms with E-state index in [2.05, 4.69) is 31.9 Å². The fourth-order valence-corrected chi connectivity index (χ4v) is 9.25. The van der Waals surface area contributed by atoms with Gasteiger partial charge in [0.1, 0.15) is 0 Å². The molecular formula is C35H27Br2ClN2O5. The molecule has 2 amide bonds. The lowest BCUT2D eigenvalue weighted by atomic mass is 9.81. The van der Waals surface area contributed by atoms with Gasteiger partial charge in [0.05, 0.1) is 34.3 Å². The van der Waals surface area contributed by atoms with Crippen LogP contribution < -0.4 is 4.90 Å². The van der Waals surface area contributed by atoms with Gasteiger partial charge in [0.2, 0.25) is 17.6 Å². The van der Waals surface area contributed by atoms with Gasteiger partial charge in [0, 0.05) is 31.2 Å². The maximum absolute atomic E-state index is 13.6. The van der Waals surface area contributed by atoms with Crippen molar-refractivity contribution in [1.29, 1.82) is 0 Å². The highest BCUT2D eigenvalue weighted by Crippen LogP contribution is 2.60. The Bertz CT molecular complexity index is 1870. The number of pyridine rings is 1. The van der Waals surface area contributed by atoms with Crippen molar-refractivity contribution in [2.24, 2.45) is 23.7 Å². The third-order valence-corrected chi connectivity index (χ3v) is 13.1. The van der Waals surface area contributed by atoms with Crippen LogP contribution in [0.1, 0.15) is 39.6 Å². The number of ketones is 1. The minimum Gasteiger partial charge on any atom is -0.451 e. The summed E-state index contributed by atoms with van der Waals surface area (Å²) in [6.07, 6.45) is -0.143. The van der Waals surface area contributed by atoms with Gasteiger partial charge in [-0.15, -0.1) is 0 Å². The highest BCUT2D eigenvalue weighted by atomic mass is 79.9. The van der Waals surface area contributed by atoms with E-state index in [1.54, 1.807) is 73.7 Å².